The molecule has 0 bridgehead atoms. The van der Waals surface area contributed by atoms with Crippen molar-refractivity contribution in [2.24, 2.45) is 0 Å². The number of nitrogens with two attached hydrogens (primary N) is 1. The van der Waals surface area contributed by atoms with E-state index in [9.17, 15) is 0 Å². The number of H-pyrrole nitrogens is 1. The highest BCUT2D eigenvalue weighted by Crippen LogP contribution is 2.24. The predicted octanol–water partition coefficient (Wildman–Crippen LogP) is 2.06. The topological polar surface area (TPSA) is 65.7 Å². The second-order valence-corrected chi connectivity index (χ2v) is 3.11. The Morgan fingerprint density at radius 3 is 2.92 bits per heavy atom. The average molecular weight is 173 g/mol. The van der Waals surface area contributed by atoms with Crippen molar-refractivity contribution in [2.45, 2.75) is 6.92 Å². The van der Waals surface area contributed by atoms with Gasteiger partial charge in [0.2, 0.25) is 0 Å². The highest BCUT2D eigenvalue weighted by Gasteiger charge is 2.06. The number of benzene rings is 1. The molecular weight excluding hydrogens is 162 g/mol. The minimum absolute atomic E-state index is 0.658. The van der Waals surface area contributed by atoms with Crippen LogP contribution in [0.1, 0.15) is 11.1 Å². The summed E-state index contributed by atoms with van der Waals surface area (Å²) in [5, 5.41) is 8.33. The smallest absolute Gasteiger partial charge is 0.0464 e. The van der Waals surface area contributed by atoms with Crippen molar-refractivity contribution in [3.05, 3.63) is 29.5 Å². The summed E-state index contributed by atoms with van der Waals surface area (Å²) in [4.78, 5) is 3.13. The Kier molecular flexibility index (Phi) is 1.59. The molecule has 0 saturated carbocycles. The molecule has 1 aromatic carbocycles. The number of rotatable bonds is 1. The summed E-state index contributed by atoms with van der Waals surface area (Å²) in [5.41, 5.74) is 9.38. The van der Waals surface area contributed by atoms with Crippen LogP contribution < -0.4 is 5.73 Å². The van der Waals surface area contributed by atoms with Gasteiger partial charge in [-0.25, -0.2) is 0 Å². The average Bonchev–Trinajstić information content (AvgIpc) is 2.49. The van der Waals surface area contributed by atoms with Crippen LogP contribution in [0.2, 0.25) is 0 Å². The van der Waals surface area contributed by atoms with E-state index in [1.807, 2.05) is 25.3 Å². The molecule has 66 valence electrons. The Morgan fingerprint density at radius 1 is 1.46 bits per heavy atom. The van der Waals surface area contributed by atoms with Crippen molar-refractivity contribution in [2.75, 3.05) is 5.73 Å². The second-order valence-electron chi connectivity index (χ2n) is 3.11. The van der Waals surface area contributed by atoms with Crippen LogP contribution in [0.5, 0.6) is 0 Å². The van der Waals surface area contributed by atoms with Crippen LogP contribution in [0.25, 0.3) is 10.9 Å². The first-order valence-corrected chi connectivity index (χ1v) is 4.10. The first kappa shape index (κ1) is 7.86. The lowest BCUT2D eigenvalue weighted by atomic mass is 10.1. The van der Waals surface area contributed by atoms with E-state index in [2.05, 4.69) is 4.98 Å². The molecular formula is C10H11N3. The minimum atomic E-state index is 0.658. The van der Waals surface area contributed by atoms with Gasteiger partial charge in [-0.1, -0.05) is 0 Å². The maximum absolute atomic E-state index is 7.28. The molecule has 1 heterocycles. The van der Waals surface area contributed by atoms with Gasteiger partial charge in [0, 0.05) is 34.6 Å². The molecule has 0 fully saturated rings. The molecule has 0 spiro atoms. The summed E-state index contributed by atoms with van der Waals surface area (Å²) >= 11 is 0. The summed E-state index contributed by atoms with van der Waals surface area (Å²) in [6, 6.07) is 3.75. The third-order valence-corrected chi connectivity index (χ3v) is 2.26. The fourth-order valence-corrected chi connectivity index (χ4v) is 1.59. The van der Waals surface area contributed by atoms with Gasteiger partial charge in [0.15, 0.2) is 0 Å². The molecule has 2 aromatic rings. The summed E-state index contributed by atoms with van der Waals surface area (Å²) in [5.74, 6) is 0. The second kappa shape index (κ2) is 2.62. The van der Waals surface area contributed by atoms with Crippen LogP contribution in [0.15, 0.2) is 18.3 Å². The zero-order chi connectivity index (χ0) is 9.42. The van der Waals surface area contributed by atoms with Gasteiger partial charge in [-0.2, -0.15) is 0 Å². The number of anilines is 1. The third-order valence-electron chi connectivity index (χ3n) is 2.26. The zero-order valence-corrected chi connectivity index (χ0v) is 7.39. The highest BCUT2D eigenvalue weighted by atomic mass is 14.7. The van der Waals surface area contributed by atoms with Gasteiger partial charge >= 0.3 is 0 Å². The number of nitrogens with one attached hydrogen (secondary N) is 2. The molecule has 0 aliphatic carbocycles. The Bertz CT molecular complexity index is 468. The fraction of sp³-hybridized carbons (Fsp3) is 0.100. The quantitative estimate of drug-likeness (QED) is 0.448. The number of nitrogen functional groups attached to an aromatic ring is 1. The van der Waals surface area contributed by atoms with Crippen LogP contribution in [0.3, 0.4) is 0 Å². The van der Waals surface area contributed by atoms with E-state index in [0.29, 0.717) is 5.69 Å². The van der Waals surface area contributed by atoms with Gasteiger partial charge in [-0.05, 0) is 24.6 Å². The standard InChI is InChI=1S/C10H11N3/c1-6-5-13-9-3-2-8(12)7(4-11)10(6)9/h2-5,11,13H,12H2,1H3. The van der Waals surface area contributed by atoms with Crippen molar-refractivity contribution >= 4 is 22.8 Å². The summed E-state index contributed by atoms with van der Waals surface area (Å²) in [6.07, 6.45) is 3.23. The maximum atomic E-state index is 7.28. The predicted molar refractivity (Wildman–Crippen MR) is 55.3 cm³/mol. The van der Waals surface area contributed by atoms with Crippen molar-refractivity contribution in [1.82, 2.24) is 4.98 Å². The lowest BCUT2D eigenvalue weighted by molar-refractivity contribution is 1.43. The first-order valence-electron chi connectivity index (χ1n) is 4.10. The van der Waals surface area contributed by atoms with Crippen molar-refractivity contribution in [3.8, 4) is 0 Å². The molecule has 0 aliphatic heterocycles. The number of hydrogen-bond donors (Lipinski definition) is 3. The van der Waals surface area contributed by atoms with Crippen LogP contribution in [0, 0.1) is 12.3 Å². The molecule has 4 N–H and O–H groups in total. The highest BCUT2D eigenvalue weighted by molar-refractivity contribution is 6.04. The third kappa shape index (κ3) is 1.01. The summed E-state index contributed by atoms with van der Waals surface area (Å²) in [6.45, 7) is 2.01. The summed E-state index contributed by atoms with van der Waals surface area (Å²) < 4.78 is 0. The number of fused-ring (bicyclic) bond motifs is 1. The summed E-state index contributed by atoms with van der Waals surface area (Å²) in [7, 11) is 0. The number of aromatic nitrogens is 1. The SMILES string of the molecule is Cc1c[nH]c2ccc(N)c(C=N)c12. The molecule has 0 unspecified atom stereocenters. The molecule has 1 aromatic heterocycles. The van der Waals surface area contributed by atoms with E-state index in [-0.39, 0.29) is 0 Å². The van der Waals surface area contributed by atoms with E-state index < -0.39 is 0 Å². The van der Waals surface area contributed by atoms with Crippen LogP contribution in [0.4, 0.5) is 5.69 Å². The Balaban J connectivity index is 2.96. The normalized spacial score (nSPS) is 10.5. The number of aromatic amines is 1. The van der Waals surface area contributed by atoms with Crippen LogP contribution in [-0.2, 0) is 0 Å². The van der Waals surface area contributed by atoms with Gasteiger partial charge in [0.05, 0.1) is 0 Å². The minimum Gasteiger partial charge on any atom is -0.398 e. The van der Waals surface area contributed by atoms with Crippen molar-refractivity contribution < 1.29 is 0 Å². The van der Waals surface area contributed by atoms with E-state index in [4.69, 9.17) is 11.1 Å². The van der Waals surface area contributed by atoms with Crippen LogP contribution >= 0.6 is 0 Å². The van der Waals surface area contributed by atoms with Crippen molar-refractivity contribution in [3.63, 3.8) is 0 Å². The van der Waals surface area contributed by atoms with Gasteiger partial charge in [-0.3, -0.25) is 0 Å². The van der Waals surface area contributed by atoms with E-state index in [0.717, 1.165) is 22.0 Å². The monoisotopic (exact) mass is 173 g/mol. The first-order chi connectivity index (χ1) is 6.24. The Morgan fingerprint density at radius 2 is 2.23 bits per heavy atom. The van der Waals surface area contributed by atoms with Gasteiger partial charge in [-0.15, -0.1) is 0 Å². The molecule has 13 heavy (non-hydrogen) atoms. The Labute approximate surface area is 76.1 Å². The van der Waals surface area contributed by atoms with Gasteiger partial charge in [0.25, 0.3) is 0 Å². The van der Waals surface area contributed by atoms with E-state index in [1.54, 1.807) is 0 Å². The van der Waals surface area contributed by atoms with Crippen molar-refractivity contribution in [1.29, 1.82) is 5.41 Å². The molecule has 2 rings (SSSR count). The lowest BCUT2D eigenvalue weighted by Gasteiger charge is -2.01. The lowest BCUT2D eigenvalue weighted by Crippen LogP contribution is -1.93. The molecule has 0 saturated heterocycles. The van der Waals surface area contributed by atoms with Gasteiger partial charge in [0.1, 0.15) is 0 Å². The van der Waals surface area contributed by atoms with E-state index >= 15 is 0 Å². The molecule has 3 nitrogen and oxygen atoms in total. The van der Waals surface area contributed by atoms with Crippen LogP contribution in [-0.4, -0.2) is 11.2 Å². The molecule has 0 radical (unpaired) electrons. The fourth-order valence-electron chi connectivity index (χ4n) is 1.59. The largest absolute Gasteiger partial charge is 0.398 e. The molecule has 0 atom stereocenters. The maximum Gasteiger partial charge on any atom is 0.0464 e. The zero-order valence-electron chi connectivity index (χ0n) is 7.39. The molecule has 0 aliphatic rings. The molecule has 0 amide bonds. The number of hydrogen-bond acceptors (Lipinski definition) is 2. The molecule has 3 heteroatoms. The van der Waals surface area contributed by atoms with Gasteiger partial charge < -0.3 is 16.1 Å². The number of aryl methyl sites for hydroxylation is 1. The van der Waals surface area contributed by atoms with E-state index in [1.165, 1.54) is 6.21 Å². The Hall–Kier alpha value is -1.77.